The van der Waals surface area contributed by atoms with Crippen LogP contribution in [0.4, 0.5) is 9.59 Å². The van der Waals surface area contributed by atoms with Gasteiger partial charge in [-0.3, -0.25) is 14.3 Å². The van der Waals surface area contributed by atoms with E-state index in [1.54, 1.807) is 32.6 Å². The van der Waals surface area contributed by atoms with Crippen LogP contribution in [0.2, 0.25) is 0 Å². The van der Waals surface area contributed by atoms with E-state index in [2.05, 4.69) is 39.8 Å². The van der Waals surface area contributed by atoms with Gasteiger partial charge in [-0.1, -0.05) is 102 Å². The van der Waals surface area contributed by atoms with Crippen molar-refractivity contribution in [2.75, 3.05) is 7.05 Å². The van der Waals surface area contributed by atoms with E-state index in [0.717, 1.165) is 26.7 Å². The zero-order valence-corrected chi connectivity index (χ0v) is 37.0. The van der Waals surface area contributed by atoms with Crippen molar-refractivity contribution in [2.45, 2.75) is 110 Å². The van der Waals surface area contributed by atoms with Crippen LogP contribution in [0.25, 0.3) is 0 Å². The topological polar surface area (TPSA) is 202 Å². The van der Waals surface area contributed by atoms with Gasteiger partial charge in [0.2, 0.25) is 5.91 Å². The molecule has 2 heterocycles. The van der Waals surface area contributed by atoms with Crippen molar-refractivity contribution in [3.63, 3.8) is 0 Å². The van der Waals surface area contributed by atoms with E-state index < -0.39 is 62.3 Å². The molecular formula is C41H59N6Na2O9PS2. The molecule has 0 spiro atoms. The molecule has 0 saturated heterocycles. The number of urea groups is 1. The summed E-state index contributed by atoms with van der Waals surface area (Å²) in [4.78, 5) is 71.9. The van der Waals surface area contributed by atoms with Gasteiger partial charge in [-0.2, -0.15) is 0 Å². The summed E-state index contributed by atoms with van der Waals surface area (Å²) in [6.45, 7) is 11.4. The molecular weight excluding hydrogens is 862 g/mol. The third kappa shape index (κ3) is 19.6. The van der Waals surface area contributed by atoms with E-state index in [1.807, 2.05) is 79.9 Å². The Hall–Kier alpha value is -2.22. The molecule has 5 N–H and O–H groups in total. The summed E-state index contributed by atoms with van der Waals surface area (Å²) >= 11 is 2.87. The summed E-state index contributed by atoms with van der Waals surface area (Å²) in [5.41, 5.74) is 4.10. The van der Waals surface area contributed by atoms with Gasteiger partial charge in [-0.05, 0) is 36.3 Å². The monoisotopic (exact) mass is 920 g/mol. The quantitative estimate of drug-likeness (QED) is 0.0367. The molecule has 4 aromatic rings. The van der Waals surface area contributed by atoms with Crippen LogP contribution in [0.3, 0.4) is 0 Å². The number of alkyl carbamates (subject to hydrolysis) is 1. The van der Waals surface area contributed by atoms with Crippen molar-refractivity contribution in [3.8, 4) is 0 Å². The number of hydrogen-bond acceptors (Lipinski definition) is 11. The molecule has 0 saturated carbocycles. The molecule has 4 amide bonds. The molecule has 0 fully saturated rings. The van der Waals surface area contributed by atoms with Crippen LogP contribution in [0.15, 0.2) is 77.8 Å². The maximum atomic E-state index is 14.3. The first kappa shape index (κ1) is 54.9. The molecule has 0 aliphatic rings. The summed E-state index contributed by atoms with van der Waals surface area (Å²) in [5.74, 6) is -1.04. The van der Waals surface area contributed by atoms with E-state index in [4.69, 9.17) is 14.0 Å². The van der Waals surface area contributed by atoms with Crippen LogP contribution in [0.1, 0.15) is 80.6 Å². The molecule has 0 aliphatic heterocycles. The SMILES string of the molecule is CC(C)c1nc(CN(C)C(=O)N[C@H](C(=O)N[C@@H](Cc2ccccc2)C[C@H](OC(OP(=O)(O)O)C(C)C)[C@H](Cc2ccccc2)NC(=O)OCc2cncs2)C(C)C)cs1.[NaH].[NaH]. The number of phosphoric acid groups is 1. The molecule has 326 valence electrons. The minimum atomic E-state index is -5.04. The van der Waals surface area contributed by atoms with Crippen LogP contribution in [-0.2, 0) is 49.4 Å². The molecule has 0 bridgehead atoms. The second-order valence-electron chi connectivity index (χ2n) is 15.4. The van der Waals surface area contributed by atoms with Crippen molar-refractivity contribution in [3.05, 3.63) is 104 Å². The van der Waals surface area contributed by atoms with Gasteiger partial charge in [0.1, 0.15) is 12.6 Å². The molecule has 20 heteroatoms. The zero-order valence-electron chi connectivity index (χ0n) is 34.5. The third-order valence-corrected chi connectivity index (χ3v) is 11.6. The van der Waals surface area contributed by atoms with E-state index in [-0.39, 0.29) is 96.9 Å². The molecule has 15 nitrogen and oxygen atoms in total. The number of nitrogens with zero attached hydrogens (tertiary/aromatic N) is 3. The van der Waals surface area contributed by atoms with Crippen LogP contribution in [0.5, 0.6) is 0 Å². The third-order valence-electron chi connectivity index (χ3n) is 9.20. The van der Waals surface area contributed by atoms with Gasteiger partial charge in [-0.25, -0.2) is 19.1 Å². The van der Waals surface area contributed by atoms with Crippen LogP contribution >= 0.6 is 30.5 Å². The van der Waals surface area contributed by atoms with Gasteiger partial charge in [-0.15, -0.1) is 22.7 Å². The van der Waals surface area contributed by atoms with Crippen LogP contribution < -0.4 is 16.0 Å². The summed E-state index contributed by atoms with van der Waals surface area (Å²) in [6, 6.07) is 15.9. The zero-order chi connectivity index (χ0) is 43.1. The van der Waals surface area contributed by atoms with Gasteiger partial charge >= 0.3 is 79.1 Å². The van der Waals surface area contributed by atoms with Crippen molar-refractivity contribution in [1.29, 1.82) is 0 Å². The number of nitrogens with one attached hydrogen (secondary N) is 3. The summed E-state index contributed by atoms with van der Waals surface area (Å²) in [6.07, 6.45) is -0.987. The predicted octanol–water partition coefficient (Wildman–Crippen LogP) is 5.72. The van der Waals surface area contributed by atoms with E-state index in [1.165, 1.54) is 27.6 Å². The van der Waals surface area contributed by atoms with E-state index in [0.29, 0.717) is 6.42 Å². The Bertz CT molecular complexity index is 1940. The van der Waals surface area contributed by atoms with Gasteiger partial charge in [0.05, 0.1) is 39.8 Å². The Morgan fingerprint density at radius 3 is 2.00 bits per heavy atom. The number of rotatable bonds is 22. The molecule has 0 radical (unpaired) electrons. The first-order valence-corrected chi connectivity index (χ1v) is 22.8. The van der Waals surface area contributed by atoms with Crippen molar-refractivity contribution in [2.24, 2.45) is 11.8 Å². The Balaban J connectivity index is 0.00000641. The summed E-state index contributed by atoms with van der Waals surface area (Å²) in [5, 5.41) is 11.9. The second-order valence-corrected chi connectivity index (χ2v) is 18.4. The second kappa shape index (κ2) is 27.2. The van der Waals surface area contributed by atoms with Crippen molar-refractivity contribution >= 4 is 108 Å². The molecule has 1 unspecified atom stereocenters. The normalized spacial score (nSPS) is 13.9. The molecule has 2 aromatic heterocycles. The van der Waals surface area contributed by atoms with Gasteiger partial charge in [0.15, 0.2) is 6.29 Å². The standard InChI is InChI=1S/C41H57N6O9PS2.2Na.2H/c1-26(2)36(46-40(49)47(7)22-32-24-58-38(44-32)27(3)4)37(48)43-31(18-29-14-10-8-11-15-29)20-35(55-39(28(5)6)56-57(51,52)53)34(19-30-16-12-9-13-17-30)45-41(50)54-23-33-21-42-25-59-33;;;;/h8-17,21,24-28,31,34-36,39H,18-20,22-23H2,1-7H3,(H,43,48)(H,45,50)(H,46,49)(H2,51,52,53);;;;/t31-,34-,35-,36-,39?;;;;/m0..../s1. The van der Waals surface area contributed by atoms with E-state index >= 15 is 0 Å². The van der Waals surface area contributed by atoms with Crippen LogP contribution in [0, 0.1) is 11.8 Å². The molecule has 0 aliphatic carbocycles. The fraction of sp³-hybridized carbons (Fsp3) is 0.488. The predicted molar refractivity (Wildman–Crippen MR) is 242 cm³/mol. The molecule has 2 aromatic carbocycles. The Labute approximate surface area is 411 Å². The average molecular weight is 921 g/mol. The van der Waals surface area contributed by atoms with Gasteiger partial charge < -0.3 is 40.1 Å². The van der Waals surface area contributed by atoms with Gasteiger partial charge in [0.25, 0.3) is 0 Å². The van der Waals surface area contributed by atoms with Gasteiger partial charge in [0, 0.05) is 36.5 Å². The summed E-state index contributed by atoms with van der Waals surface area (Å²) in [7, 11) is -3.39. The maximum absolute atomic E-state index is 14.3. The number of carbonyl (C=O) groups excluding carboxylic acids is 3. The number of thiazole rings is 2. The first-order chi connectivity index (χ1) is 28.0. The number of carbonyl (C=O) groups is 3. The number of amides is 4. The molecule has 61 heavy (non-hydrogen) atoms. The fourth-order valence-electron chi connectivity index (χ4n) is 6.13. The Morgan fingerprint density at radius 2 is 1.48 bits per heavy atom. The molecule has 5 atom stereocenters. The average Bonchev–Trinajstić information content (AvgIpc) is 3.88. The van der Waals surface area contributed by atoms with E-state index in [9.17, 15) is 28.7 Å². The Morgan fingerprint density at radius 1 is 0.852 bits per heavy atom. The number of hydrogen-bond donors (Lipinski definition) is 5. The number of phosphoric ester groups is 1. The number of benzene rings is 2. The fourth-order valence-corrected chi connectivity index (χ4v) is 8.02. The number of ether oxygens (including phenoxy) is 2. The van der Waals surface area contributed by atoms with Crippen molar-refractivity contribution < 1.29 is 42.7 Å². The number of aromatic nitrogens is 2. The Kier molecular flexibility index (Phi) is 24.5. The first-order valence-electron chi connectivity index (χ1n) is 19.5. The van der Waals surface area contributed by atoms with Crippen LogP contribution in [-0.4, -0.2) is 139 Å². The van der Waals surface area contributed by atoms with Crippen molar-refractivity contribution in [1.82, 2.24) is 30.8 Å². The summed E-state index contributed by atoms with van der Waals surface area (Å²) < 4.78 is 29.4. The minimum absolute atomic E-state index is 0. The molecule has 4 rings (SSSR count).